The first kappa shape index (κ1) is 8.52. The quantitative estimate of drug-likeness (QED) is 0.452. The fourth-order valence-electron chi connectivity index (χ4n) is 0.973. The molecule has 2 aromatic rings. The number of aromatic nitrogens is 3. The van der Waals surface area contributed by atoms with Crippen molar-refractivity contribution in [1.29, 1.82) is 0 Å². The summed E-state index contributed by atoms with van der Waals surface area (Å²) in [7, 11) is 0. The summed E-state index contributed by atoms with van der Waals surface area (Å²) in [6, 6.07) is 0. The van der Waals surface area contributed by atoms with Crippen LogP contribution in [0.1, 0.15) is 0 Å². The lowest BCUT2D eigenvalue weighted by Crippen LogP contribution is -2.07. The number of fused-ring (bicyclic) bond motifs is 1. The van der Waals surface area contributed by atoms with Crippen LogP contribution in [0.15, 0.2) is 6.20 Å². The minimum Gasteiger partial charge on any atom is -0.278 e. The molecule has 0 saturated carbocycles. The first-order chi connectivity index (χ1) is 5.68. The zero-order valence-corrected chi connectivity index (χ0v) is 9.33. The van der Waals surface area contributed by atoms with Gasteiger partial charge < -0.3 is 0 Å². The molecule has 0 unspecified atom stereocenters. The predicted molar refractivity (Wildman–Crippen MR) is 55.4 cm³/mol. The van der Waals surface area contributed by atoms with Gasteiger partial charge in [-0.3, -0.25) is 4.98 Å². The second-order valence-corrected chi connectivity index (χ2v) is 4.08. The van der Waals surface area contributed by atoms with Crippen molar-refractivity contribution in [3.63, 3.8) is 0 Å². The van der Waals surface area contributed by atoms with Gasteiger partial charge in [-0.15, -0.1) is 0 Å². The van der Waals surface area contributed by atoms with E-state index in [-0.39, 0.29) is 5.28 Å². The molecule has 0 radical (unpaired) electrons. The SMILES string of the molecule is Clc1nc(Cl)c2c(I)c[nH]c2[nH+]1. The van der Waals surface area contributed by atoms with Crippen LogP contribution in [0.5, 0.6) is 0 Å². The van der Waals surface area contributed by atoms with Crippen LogP contribution in [-0.2, 0) is 0 Å². The minimum absolute atomic E-state index is 0.283. The van der Waals surface area contributed by atoms with Crippen molar-refractivity contribution in [2.24, 2.45) is 0 Å². The van der Waals surface area contributed by atoms with Crippen molar-refractivity contribution in [3.8, 4) is 0 Å². The number of hydrogen-bond donors (Lipinski definition) is 1. The topological polar surface area (TPSA) is 42.8 Å². The fraction of sp³-hybridized carbons (Fsp3) is 0. The highest BCUT2D eigenvalue weighted by Crippen LogP contribution is 2.23. The Bertz CT molecular complexity index is 440. The van der Waals surface area contributed by atoms with Gasteiger partial charge in [0, 0.05) is 0 Å². The summed E-state index contributed by atoms with van der Waals surface area (Å²) >= 11 is 13.7. The van der Waals surface area contributed by atoms with E-state index >= 15 is 0 Å². The molecule has 0 bridgehead atoms. The Morgan fingerprint density at radius 3 is 3.00 bits per heavy atom. The second kappa shape index (κ2) is 3.01. The molecule has 2 aromatic heterocycles. The van der Waals surface area contributed by atoms with Crippen LogP contribution in [0, 0.1) is 3.57 Å². The molecule has 0 aromatic carbocycles. The highest BCUT2D eigenvalue weighted by molar-refractivity contribution is 14.1. The molecule has 62 valence electrons. The van der Waals surface area contributed by atoms with Crippen molar-refractivity contribution >= 4 is 56.8 Å². The molecule has 2 N–H and O–H groups in total. The van der Waals surface area contributed by atoms with E-state index in [4.69, 9.17) is 23.2 Å². The molecule has 0 fully saturated rings. The lowest BCUT2D eigenvalue weighted by Gasteiger charge is -1.87. The zero-order chi connectivity index (χ0) is 8.72. The molecule has 0 aliphatic heterocycles. The third-order valence-corrected chi connectivity index (χ3v) is 2.77. The van der Waals surface area contributed by atoms with E-state index in [1.54, 1.807) is 0 Å². The first-order valence-corrected chi connectivity index (χ1v) is 4.93. The molecule has 0 atom stereocenters. The Kier molecular flexibility index (Phi) is 2.14. The summed E-state index contributed by atoms with van der Waals surface area (Å²) in [6.07, 6.45) is 1.84. The average molecular weight is 315 g/mol. The summed E-state index contributed by atoms with van der Waals surface area (Å²) in [5.74, 6) is 0. The maximum atomic E-state index is 5.87. The maximum absolute atomic E-state index is 5.87. The molecular formula is C6H3Cl2IN3+. The van der Waals surface area contributed by atoms with Gasteiger partial charge in [0.15, 0.2) is 0 Å². The van der Waals surface area contributed by atoms with E-state index in [1.165, 1.54) is 0 Å². The Labute approximate surface area is 91.6 Å². The minimum atomic E-state index is 0.283. The van der Waals surface area contributed by atoms with Crippen molar-refractivity contribution in [1.82, 2.24) is 9.97 Å². The van der Waals surface area contributed by atoms with Gasteiger partial charge in [0.25, 0.3) is 0 Å². The predicted octanol–water partition coefficient (Wildman–Crippen LogP) is 2.29. The highest BCUT2D eigenvalue weighted by atomic mass is 127. The Hall–Kier alpha value is -0.0700. The third-order valence-electron chi connectivity index (χ3n) is 1.46. The monoisotopic (exact) mass is 314 g/mol. The van der Waals surface area contributed by atoms with Crippen LogP contribution < -0.4 is 4.98 Å². The van der Waals surface area contributed by atoms with E-state index in [1.807, 2.05) is 6.20 Å². The molecule has 12 heavy (non-hydrogen) atoms. The molecule has 0 aliphatic rings. The van der Waals surface area contributed by atoms with Gasteiger partial charge in [-0.1, -0.05) is 4.98 Å². The lowest BCUT2D eigenvalue weighted by atomic mass is 10.4. The van der Waals surface area contributed by atoms with Crippen LogP contribution in [0.25, 0.3) is 11.0 Å². The maximum Gasteiger partial charge on any atom is 0.333 e. The molecule has 6 heteroatoms. The largest absolute Gasteiger partial charge is 0.333 e. The Morgan fingerprint density at radius 1 is 1.50 bits per heavy atom. The number of hydrogen-bond acceptors (Lipinski definition) is 1. The summed E-state index contributed by atoms with van der Waals surface area (Å²) in [5, 5.41) is 1.58. The number of H-pyrrole nitrogens is 2. The van der Waals surface area contributed by atoms with Gasteiger partial charge in [-0.05, 0) is 45.8 Å². The van der Waals surface area contributed by atoms with Crippen LogP contribution in [0.2, 0.25) is 10.4 Å². The van der Waals surface area contributed by atoms with Gasteiger partial charge in [0.2, 0.25) is 10.8 Å². The van der Waals surface area contributed by atoms with Gasteiger partial charge in [-0.2, -0.15) is 0 Å². The van der Waals surface area contributed by atoms with Crippen LogP contribution in [0.3, 0.4) is 0 Å². The van der Waals surface area contributed by atoms with Gasteiger partial charge >= 0.3 is 5.28 Å². The first-order valence-electron chi connectivity index (χ1n) is 3.09. The molecule has 2 heterocycles. The third kappa shape index (κ3) is 1.27. The molecule has 0 aliphatic carbocycles. The molecule has 0 spiro atoms. The summed E-state index contributed by atoms with van der Waals surface area (Å²) < 4.78 is 1.02. The normalized spacial score (nSPS) is 10.9. The molecular weight excluding hydrogens is 312 g/mol. The van der Waals surface area contributed by atoms with Crippen LogP contribution >= 0.6 is 45.8 Å². The summed E-state index contributed by atoms with van der Waals surface area (Å²) in [5.41, 5.74) is 0.796. The van der Waals surface area contributed by atoms with E-state index in [0.29, 0.717) is 5.15 Å². The van der Waals surface area contributed by atoms with Crippen molar-refractivity contribution in [2.45, 2.75) is 0 Å². The van der Waals surface area contributed by atoms with E-state index in [0.717, 1.165) is 14.6 Å². The molecule has 2 rings (SSSR count). The van der Waals surface area contributed by atoms with Gasteiger partial charge in [0.05, 0.1) is 9.77 Å². The number of nitrogens with zero attached hydrogens (tertiary/aromatic N) is 1. The number of aromatic amines is 2. The standard InChI is InChI=1S/C6H2Cl2IN3/c7-4-3-2(9)1-10-5(3)12-6(8)11-4/h1H,(H,10,11,12)/p+1. The van der Waals surface area contributed by atoms with Crippen molar-refractivity contribution < 1.29 is 4.98 Å². The van der Waals surface area contributed by atoms with Gasteiger partial charge in [0.1, 0.15) is 5.39 Å². The number of rotatable bonds is 0. The molecule has 0 saturated heterocycles. The summed E-state index contributed by atoms with van der Waals surface area (Å²) in [6.45, 7) is 0. The highest BCUT2D eigenvalue weighted by Gasteiger charge is 2.14. The number of nitrogens with one attached hydrogen (secondary N) is 2. The van der Waals surface area contributed by atoms with Crippen LogP contribution in [-0.4, -0.2) is 9.97 Å². The zero-order valence-electron chi connectivity index (χ0n) is 5.66. The summed E-state index contributed by atoms with van der Waals surface area (Å²) in [4.78, 5) is 9.74. The molecule has 3 nitrogen and oxygen atoms in total. The van der Waals surface area contributed by atoms with Crippen molar-refractivity contribution in [3.05, 3.63) is 20.2 Å². The smallest absolute Gasteiger partial charge is 0.278 e. The van der Waals surface area contributed by atoms with E-state index in [2.05, 4.69) is 37.5 Å². The lowest BCUT2D eigenvalue weighted by molar-refractivity contribution is -0.349. The van der Waals surface area contributed by atoms with E-state index in [9.17, 15) is 0 Å². The average Bonchev–Trinajstić information content (AvgIpc) is 2.31. The second-order valence-electron chi connectivity index (χ2n) is 2.21. The molecule has 0 amide bonds. The van der Waals surface area contributed by atoms with E-state index < -0.39 is 0 Å². The Balaban J connectivity index is 2.93. The Morgan fingerprint density at radius 2 is 2.25 bits per heavy atom. The van der Waals surface area contributed by atoms with Crippen molar-refractivity contribution in [2.75, 3.05) is 0 Å². The number of halogens is 3. The van der Waals surface area contributed by atoms with Crippen LogP contribution in [0.4, 0.5) is 0 Å². The van der Waals surface area contributed by atoms with Gasteiger partial charge in [-0.25, -0.2) is 4.98 Å². The fourth-order valence-corrected chi connectivity index (χ4v) is 2.32.